The second-order valence-corrected chi connectivity index (χ2v) is 12.6. The maximum atomic E-state index is 13.5. The molecule has 0 spiro atoms. The van der Waals surface area contributed by atoms with Crippen molar-refractivity contribution in [2.45, 2.75) is 38.6 Å². The minimum absolute atomic E-state index is 0.0414. The number of carbonyl (C=O) groups excluding carboxylic acids is 1. The quantitative estimate of drug-likeness (QED) is 0.276. The number of esters is 1. The van der Waals surface area contributed by atoms with E-state index < -0.39 is 26.6 Å². The molecule has 1 N–H and O–H groups in total. The molecule has 198 valence electrons. The number of likely N-dealkylation sites (N-methyl/N-ethyl adjacent to an activating group) is 1. The first kappa shape index (κ1) is 27.3. The Labute approximate surface area is 224 Å². The predicted molar refractivity (Wildman–Crippen MR) is 143 cm³/mol. The number of nitro groups is 1. The second-order valence-electron chi connectivity index (χ2n) is 9.13. The molecule has 0 saturated carbocycles. The third-order valence-corrected chi connectivity index (χ3v) is 9.63. The van der Waals surface area contributed by atoms with Crippen LogP contribution in [-0.2, 0) is 25.9 Å². The molecule has 12 heteroatoms. The first-order chi connectivity index (χ1) is 17.6. The lowest BCUT2D eigenvalue weighted by atomic mass is 9.85. The number of halogens is 1. The van der Waals surface area contributed by atoms with Crippen molar-refractivity contribution in [2.75, 3.05) is 26.0 Å². The number of rotatable bonds is 8. The Kier molecular flexibility index (Phi) is 8.37. The molecular formula is C25H28ClN3O6S2. The molecule has 0 saturated heterocycles. The van der Waals surface area contributed by atoms with Gasteiger partial charge in [-0.2, -0.15) is 0 Å². The van der Waals surface area contributed by atoms with Gasteiger partial charge in [-0.3, -0.25) is 15.0 Å². The monoisotopic (exact) mass is 565 g/mol. The Hall–Kier alpha value is -2.73. The van der Waals surface area contributed by atoms with Gasteiger partial charge in [0.25, 0.3) is 5.69 Å². The molecule has 1 aromatic heterocycles. The molecule has 0 fully saturated rings. The van der Waals surface area contributed by atoms with Crippen molar-refractivity contribution in [3.05, 3.63) is 83.2 Å². The Balaban J connectivity index is 1.68. The van der Waals surface area contributed by atoms with Crippen molar-refractivity contribution in [3.63, 3.8) is 0 Å². The summed E-state index contributed by atoms with van der Waals surface area (Å²) in [6.45, 7) is 2.95. The van der Waals surface area contributed by atoms with Gasteiger partial charge < -0.3 is 10.1 Å². The third kappa shape index (κ3) is 6.06. The molecule has 0 amide bonds. The van der Waals surface area contributed by atoms with Gasteiger partial charge in [-0.1, -0.05) is 17.7 Å². The van der Waals surface area contributed by atoms with E-state index in [2.05, 4.69) is 5.32 Å². The molecule has 37 heavy (non-hydrogen) atoms. The van der Waals surface area contributed by atoms with E-state index >= 15 is 0 Å². The lowest BCUT2D eigenvalue weighted by molar-refractivity contribution is -0.384. The van der Waals surface area contributed by atoms with E-state index in [-0.39, 0.29) is 39.1 Å². The van der Waals surface area contributed by atoms with Crippen molar-refractivity contribution in [1.82, 2.24) is 10.2 Å². The summed E-state index contributed by atoms with van der Waals surface area (Å²) in [6.07, 6.45) is 1.61. The normalized spacial score (nSPS) is 19.3. The first-order valence-electron chi connectivity index (χ1n) is 11.8. The fourth-order valence-electron chi connectivity index (χ4n) is 4.69. The second kappa shape index (κ2) is 11.3. The van der Waals surface area contributed by atoms with Gasteiger partial charge in [0.2, 0.25) is 0 Å². The van der Waals surface area contributed by atoms with E-state index in [0.29, 0.717) is 43.7 Å². The zero-order valence-electron chi connectivity index (χ0n) is 20.5. The topological polar surface area (TPSA) is 119 Å². The van der Waals surface area contributed by atoms with Crippen LogP contribution in [0.4, 0.5) is 5.69 Å². The van der Waals surface area contributed by atoms with Gasteiger partial charge in [0.05, 0.1) is 27.1 Å². The zero-order valence-corrected chi connectivity index (χ0v) is 22.9. The number of allylic oxidation sites excluding steroid dienone is 3. The van der Waals surface area contributed by atoms with Gasteiger partial charge in [0.15, 0.2) is 9.84 Å². The summed E-state index contributed by atoms with van der Waals surface area (Å²) in [5, 5.41) is 16.8. The molecular weight excluding hydrogens is 538 g/mol. The Morgan fingerprint density at radius 3 is 2.81 bits per heavy atom. The molecule has 9 nitrogen and oxygen atoms in total. The summed E-state index contributed by atoms with van der Waals surface area (Å²) >= 11 is 8.13. The molecule has 0 aliphatic carbocycles. The number of nitro benzene ring substituents is 1. The van der Waals surface area contributed by atoms with Crippen LogP contribution >= 0.6 is 22.9 Å². The van der Waals surface area contributed by atoms with Crippen molar-refractivity contribution in [3.8, 4) is 0 Å². The minimum Gasteiger partial charge on any atom is -0.461 e. The van der Waals surface area contributed by atoms with Crippen LogP contribution in [0.2, 0.25) is 5.02 Å². The number of sulfone groups is 1. The van der Waals surface area contributed by atoms with Crippen LogP contribution in [0.5, 0.6) is 0 Å². The van der Waals surface area contributed by atoms with Gasteiger partial charge in [0.1, 0.15) is 6.61 Å². The highest BCUT2D eigenvalue weighted by Crippen LogP contribution is 2.46. The van der Waals surface area contributed by atoms with Crippen LogP contribution in [0.15, 0.2) is 57.6 Å². The summed E-state index contributed by atoms with van der Waals surface area (Å²) in [5.74, 6) is -1.87. The number of dihydropyridines is 1. The molecule has 3 heterocycles. The highest BCUT2D eigenvalue weighted by Gasteiger charge is 2.42. The van der Waals surface area contributed by atoms with Crippen molar-refractivity contribution < 1.29 is 22.9 Å². The predicted octanol–water partition coefficient (Wildman–Crippen LogP) is 4.76. The highest BCUT2D eigenvalue weighted by molar-refractivity contribution is 7.95. The molecule has 0 bridgehead atoms. The van der Waals surface area contributed by atoms with Gasteiger partial charge in [-0.05, 0) is 56.3 Å². The van der Waals surface area contributed by atoms with Crippen LogP contribution < -0.4 is 5.32 Å². The average molecular weight is 566 g/mol. The Morgan fingerprint density at radius 1 is 1.32 bits per heavy atom. The highest BCUT2D eigenvalue weighted by atomic mass is 35.5. The Morgan fingerprint density at radius 2 is 2.11 bits per heavy atom. The number of non-ortho nitro benzene ring substituents is 1. The van der Waals surface area contributed by atoms with Crippen LogP contribution in [-0.4, -0.2) is 50.2 Å². The zero-order chi connectivity index (χ0) is 26.7. The van der Waals surface area contributed by atoms with Gasteiger partial charge in [-0.15, -0.1) is 11.3 Å². The number of nitrogens with one attached hydrogen (secondary N) is 1. The smallest absolute Gasteiger partial charge is 0.336 e. The van der Waals surface area contributed by atoms with E-state index in [0.717, 1.165) is 0 Å². The molecule has 2 aliphatic rings. The Bertz CT molecular complexity index is 1370. The lowest BCUT2D eigenvalue weighted by Crippen LogP contribution is -2.33. The number of nitrogens with zero attached hydrogens (tertiary/aromatic N) is 2. The third-order valence-electron chi connectivity index (χ3n) is 6.45. The standard InChI is InChI=1S/C25H28ClN3O6S2/c1-16-22(25(30)35-11-10-28(2)15-18-6-5-12-36-18)23(19-14-17(29(31)32)8-9-20(19)26)24-21(27-16)7-3-4-13-37(24,33)34/h5-6,8-9,12,14,23,27H,3-4,7,10-11,13,15H2,1-2H3. The van der Waals surface area contributed by atoms with Crippen LogP contribution in [0.3, 0.4) is 0 Å². The van der Waals surface area contributed by atoms with E-state index in [4.69, 9.17) is 16.3 Å². The maximum Gasteiger partial charge on any atom is 0.336 e. The van der Waals surface area contributed by atoms with E-state index in [1.807, 2.05) is 29.5 Å². The summed E-state index contributed by atoms with van der Waals surface area (Å²) in [5.41, 5.74) is 0.978. The summed E-state index contributed by atoms with van der Waals surface area (Å²) in [4.78, 5) is 27.7. The van der Waals surface area contributed by atoms with E-state index in [1.54, 1.807) is 18.3 Å². The largest absolute Gasteiger partial charge is 0.461 e. The van der Waals surface area contributed by atoms with Crippen LogP contribution in [0, 0.1) is 10.1 Å². The van der Waals surface area contributed by atoms with Gasteiger partial charge >= 0.3 is 5.97 Å². The van der Waals surface area contributed by atoms with Crippen molar-refractivity contribution in [2.24, 2.45) is 0 Å². The number of hydrogen-bond acceptors (Lipinski definition) is 9. The first-order valence-corrected chi connectivity index (χ1v) is 14.7. The SMILES string of the molecule is CC1=C(C(=O)OCCN(C)Cc2cccs2)C(c2cc([N+](=O)[O-])ccc2Cl)C2=C(CCCCS2(=O)=O)N1. The summed E-state index contributed by atoms with van der Waals surface area (Å²) in [7, 11) is -1.86. The molecule has 2 aromatic rings. The molecule has 1 atom stereocenters. The molecule has 1 aromatic carbocycles. The van der Waals surface area contributed by atoms with Crippen LogP contribution in [0.25, 0.3) is 0 Å². The number of hydrogen-bond donors (Lipinski definition) is 1. The van der Waals surface area contributed by atoms with Crippen molar-refractivity contribution in [1.29, 1.82) is 0 Å². The van der Waals surface area contributed by atoms with E-state index in [9.17, 15) is 23.3 Å². The number of ether oxygens (including phenoxy) is 1. The maximum absolute atomic E-state index is 13.5. The number of thiophene rings is 1. The lowest BCUT2D eigenvalue weighted by Gasteiger charge is -2.32. The summed E-state index contributed by atoms with van der Waals surface area (Å²) < 4.78 is 32.5. The fourth-order valence-corrected chi connectivity index (χ4v) is 7.63. The molecule has 0 radical (unpaired) electrons. The minimum atomic E-state index is -3.78. The molecule has 4 rings (SSSR count). The number of carbonyl (C=O) groups is 1. The van der Waals surface area contributed by atoms with E-state index in [1.165, 1.54) is 23.1 Å². The van der Waals surface area contributed by atoms with Gasteiger partial charge in [0, 0.05) is 46.5 Å². The number of benzene rings is 1. The van der Waals surface area contributed by atoms with Gasteiger partial charge in [-0.25, -0.2) is 13.2 Å². The van der Waals surface area contributed by atoms with Crippen molar-refractivity contribution >= 4 is 44.4 Å². The fraction of sp³-hybridized carbons (Fsp3) is 0.400. The molecule has 2 aliphatic heterocycles. The van der Waals surface area contributed by atoms with Crippen LogP contribution in [0.1, 0.15) is 42.5 Å². The average Bonchev–Trinajstić information content (AvgIpc) is 3.28. The molecule has 1 unspecified atom stereocenters. The summed E-state index contributed by atoms with van der Waals surface area (Å²) in [6, 6.07) is 7.86.